The molecule has 0 radical (unpaired) electrons. The van der Waals surface area contributed by atoms with Gasteiger partial charge < -0.3 is 4.74 Å². The molecule has 29 heavy (non-hydrogen) atoms. The zero-order chi connectivity index (χ0) is 20.5. The van der Waals surface area contributed by atoms with E-state index in [0.29, 0.717) is 18.1 Å². The van der Waals surface area contributed by atoms with Crippen LogP contribution in [0.2, 0.25) is 0 Å². The highest BCUT2D eigenvalue weighted by atomic mass is 16.5. The second kappa shape index (κ2) is 11.8. The number of hydrogen-bond donors (Lipinski definition) is 0. The molecule has 0 bridgehead atoms. The molecule has 0 aromatic heterocycles. The quantitative estimate of drug-likeness (QED) is 0.312. The van der Waals surface area contributed by atoms with Crippen LogP contribution >= 0.6 is 0 Å². The summed E-state index contributed by atoms with van der Waals surface area (Å²) < 4.78 is 5.42. The van der Waals surface area contributed by atoms with Crippen LogP contribution in [-0.4, -0.2) is 12.6 Å². The van der Waals surface area contributed by atoms with E-state index in [4.69, 9.17) is 4.74 Å². The molecule has 2 aliphatic rings. The Morgan fingerprint density at radius 2 is 1.45 bits per heavy atom. The van der Waals surface area contributed by atoms with E-state index >= 15 is 0 Å². The van der Waals surface area contributed by atoms with Gasteiger partial charge in [0.25, 0.3) is 0 Å². The summed E-state index contributed by atoms with van der Waals surface area (Å²) in [5.74, 6) is 3.47. The minimum Gasteiger partial charge on any atom is -0.462 e. The maximum Gasteiger partial charge on any atom is 0.338 e. The summed E-state index contributed by atoms with van der Waals surface area (Å²) >= 11 is 0. The molecule has 0 atom stereocenters. The Bertz CT molecular complexity index is 589. The Morgan fingerprint density at radius 3 is 2.03 bits per heavy atom. The topological polar surface area (TPSA) is 26.3 Å². The molecule has 0 spiro atoms. The summed E-state index contributed by atoms with van der Waals surface area (Å²) in [6.07, 6.45) is 17.2. The number of carbonyl (C=O) groups is 1. The highest BCUT2D eigenvalue weighted by Gasteiger charge is 2.30. The number of carbonyl (C=O) groups excluding carboxylic acids is 1. The maximum atomic E-state index is 12.2. The number of hydrogen-bond acceptors (Lipinski definition) is 2. The first-order chi connectivity index (χ1) is 14.2. The molecule has 0 aliphatic heterocycles. The lowest BCUT2D eigenvalue weighted by Gasteiger charge is -2.38. The number of benzene rings is 1. The van der Waals surface area contributed by atoms with Crippen LogP contribution in [0.15, 0.2) is 24.3 Å². The molecular weight excluding hydrogens is 356 g/mol. The van der Waals surface area contributed by atoms with E-state index < -0.39 is 0 Å². The van der Waals surface area contributed by atoms with Crippen molar-refractivity contribution in [3.8, 4) is 0 Å². The lowest BCUT2D eigenvalue weighted by molar-refractivity contribution is 0.0498. The molecule has 2 aliphatic carbocycles. The standard InChI is InChI=1S/C27H42O2/c1-3-5-6-7-20-29-27(28)26-18-16-25(17-19-26)24-14-12-23(13-15-24)22-10-8-21(4-2)9-11-22/h16-19,21-24H,3-15,20H2,1-2H3. The first-order valence-electron chi connectivity index (χ1n) is 12.5. The van der Waals surface area contributed by atoms with Crippen molar-refractivity contribution in [3.63, 3.8) is 0 Å². The van der Waals surface area contributed by atoms with Crippen molar-refractivity contribution in [2.75, 3.05) is 6.61 Å². The number of rotatable bonds is 9. The van der Waals surface area contributed by atoms with E-state index in [1.165, 1.54) is 76.2 Å². The van der Waals surface area contributed by atoms with E-state index in [9.17, 15) is 4.79 Å². The van der Waals surface area contributed by atoms with Crippen molar-refractivity contribution in [2.45, 2.75) is 103 Å². The highest BCUT2D eigenvalue weighted by molar-refractivity contribution is 5.89. The van der Waals surface area contributed by atoms with E-state index in [1.807, 2.05) is 12.1 Å². The van der Waals surface area contributed by atoms with E-state index in [-0.39, 0.29) is 5.97 Å². The third kappa shape index (κ3) is 6.59. The van der Waals surface area contributed by atoms with Crippen molar-refractivity contribution >= 4 is 5.97 Å². The largest absolute Gasteiger partial charge is 0.462 e. The Morgan fingerprint density at radius 1 is 0.828 bits per heavy atom. The molecule has 1 aromatic rings. The zero-order valence-electron chi connectivity index (χ0n) is 18.8. The normalized spacial score (nSPS) is 27.5. The van der Waals surface area contributed by atoms with Crippen LogP contribution in [0.4, 0.5) is 0 Å². The van der Waals surface area contributed by atoms with E-state index in [2.05, 4.69) is 26.0 Å². The van der Waals surface area contributed by atoms with Gasteiger partial charge in [-0.25, -0.2) is 4.79 Å². The molecule has 0 heterocycles. The lowest BCUT2D eigenvalue weighted by Crippen LogP contribution is -2.25. The second-order valence-corrected chi connectivity index (χ2v) is 9.62. The fraction of sp³-hybridized carbons (Fsp3) is 0.741. The number of esters is 1. The molecule has 2 fully saturated rings. The lowest BCUT2D eigenvalue weighted by atomic mass is 9.68. The molecular formula is C27H42O2. The van der Waals surface area contributed by atoms with Gasteiger partial charge in [0.2, 0.25) is 0 Å². The first kappa shape index (κ1) is 22.4. The van der Waals surface area contributed by atoms with Gasteiger partial charge in [0, 0.05) is 0 Å². The zero-order valence-corrected chi connectivity index (χ0v) is 18.8. The van der Waals surface area contributed by atoms with Crippen LogP contribution in [0.5, 0.6) is 0 Å². The summed E-state index contributed by atoms with van der Waals surface area (Å²) in [6.45, 7) is 5.09. The second-order valence-electron chi connectivity index (χ2n) is 9.62. The van der Waals surface area contributed by atoms with Crippen LogP contribution < -0.4 is 0 Å². The Balaban J connectivity index is 1.41. The fourth-order valence-corrected chi connectivity index (χ4v) is 5.66. The van der Waals surface area contributed by atoms with Gasteiger partial charge in [0.15, 0.2) is 0 Å². The highest BCUT2D eigenvalue weighted by Crippen LogP contribution is 2.44. The average Bonchev–Trinajstić information content (AvgIpc) is 2.79. The van der Waals surface area contributed by atoms with Crippen molar-refractivity contribution in [1.29, 1.82) is 0 Å². The van der Waals surface area contributed by atoms with Gasteiger partial charge in [-0.3, -0.25) is 0 Å². The molecule has 0 amide bonds. The van der Waals surface area contributed by atoms with Gasteiger partial charge >= 0.3 is 5.97 Å². The van der Waals surface area contributed by atoms with Crippen molar-refractivity contribution in [3.05, 3.63) is 35.4 Å². The third-order valence-electron chi connectivity index (χ3n) is 7.76. The average molecular weight is 399 g/mol. The van der Waals surface area contributed by atoms with Gasteiger partial charge in [-0.2, -0.15) is 0 Å². The molecule has 1 aromatic carbocycles. The van der Waals surface area contributed by atoms with Crippen LogP contribution in [0.25, 0.3) is 0 Å². The molecule has 0 N–H and O–H groups in total. The van der Waals surface area contributed by atoms with Crippen LogP contribution in [0.3, 0.4) is 0 Å². The Hall–Kier alpha value is -1.31. The van der Waals surface area contributed by atoms with Gasteiger partial charge in [0.1, 0.15) is 0 Å². The molecule has 2 heteroatoms. The minimum absolute atomic E-state index is 0.167. The van der Waals surface area contributed by atoms with E-state index in [1.54, 1.807) is 0 Å². The van der Waals surface area contributed by atoms with Crippen LogP contribution in [0.1, 0.15) is 119 Å². The smallest absolute Gasteiger partial charge is 0.338 e. The predicted molar refractivity (Wildman–Crippen MR) is 121 cm³/mol. The maximum absolute atomic E-state index is 12.2. The van der Waals surface area contributed by atoms with Gasteiger partial charge in [-0.05, 0) is 86.3 Å². The molecule has 0 unspecified atom stereocenters. The monoisotopic (exact) mass is 398 g/mol. The SMILES string of the molecule is CCCCCCOC(=O)c1ccc(C2CCC(C3CCC(CC)CC3)CC2)cc1. The van der Waals surface area contributed by atoms with Gasteiger partial charge in [-0.1, -0.05) is 64.5 Å². The van der Waals surface area contributed by atoms with Gasteiger partial charge in [0.05, 0.1) is 12.2 Å². The Labute approximate surface area is 178 Å². The van der Waals surface area contributed by atoms with Crippen molar-refractivity contribution < 1.29 is 9.53 Å². The molecule has 2 saturated carbocycles. The minimum atomic E-state index is -0.167. The van der Waals surface area contributed by atoms with E-state index in [0.717, 1.165) is 30.6 Å². The summed E-state index contributed by atoms with van der Waals surface area (Å²) in [4.78, 5) is 12.2. The Kier molecular flexibility index (Phi) is 9.08. The van der Waals surface area contributed by atoms with Crippen molar-refractivity contribution in [2.24, 2.45) is 17.8 Å². The van der Waals surface area contributed by atoms with Crippen LogP contribution in [0, 0.1) is 17.8 Å². The summed E-state index contributed by atoms with van der Waals surface area (Å²) in [5, 5.41) is 0. The molecule has 3 rings (SSSR count). The fourth-order valence-electron chi connectivity index (χ4n) is 5.66. The van der Waals surface area contributed by atoms with Gasteiger partial charge in [-0.15, -0.1) is 0 Å². The first-order valence-corrected chi connectivity index (χ1v) is 12.5. The van der Waals surface area contributed by atoms with Crippen molar-refractivity contribution in [1.82, 2.24) is 0 Å². The predicted octanol–water partition coefficient (Wildman–Crippen LogP) is 7.91. The third-order valence-corrected chi connectivity index (χ3v) is 7.76. The molecule has 162 valence electrons. The summed E-state index contributed by atoms with van der Waals surface area (Å²) in [6, 6.07) is 8.29. The molecule has 0 saturated heterocycles. The molecule has 2 nitrogen and oxygen atoms in total. The number of ether oxygens (including phenoxy) is 1. The summed E-state index contributed by atoms with van der Waals surface area (Å²) in [5.41, 5.74) is 2.11. The summed E-state index contributed by atoms with van der Waals surface area (Å²) in [7, 11) is 0. The van der Waals surface area contributed by atoms with Crippen LogP contribution in [-0.2, 0) is 4.74 Å². The number of unbranched alkanes of at least 4 members (excludes halogenated alkanes) is 3.